The highest BCUT2D eigenvalue weighted by atomic mass is 32.1. The van der Waals surface area contributed by atoms with E-state index in [9.17, 15) is 0 Å². The van der Waals surface area contributed by atoms with Crippen molar-refractivity contribution in [3.05, 3.63) is 0 Å². The molecule has 7 heteroatoms. The number of thiocarbonyl (C=S) groups is 1. The summed E-state index contributed by atoms with van der Waals surface area (Å²) in [5.41, 5.74) is 0. The maximum atomic E-state index is 6.07. The summed E-state index contributed by atoms with van der Waals surface area (Å²) >= 11 is 4.51. The van der Waals surface area contributed by atoms with E-state index >= 15 is 0 Å². The van der Waals surface area contributed by atoms with Crippen LogP contribution in [-0.4, -0.2) is 39.1 Å². The number of nitrogens with zero attached hydrogens (tertiary/aromatic N) is 1. The molecule has 0 atom stereocenters. The smallest absolute Gasteiger partial charge is 0.310 e. The van der Waals surface area contributed by atoms with Gasteiger partial charge >= 0.3 is 8.56 Å². The summed E-state index contributed by atoms with van der Waals surface area (Å²) in [4.78, 5) is 3.89. The van der Waals surface area contributed by atoms with Gasteiger partial charge in [-0.15, -0.1) is 0 Å². The molecule has 0 N–H and O–H groups in total. The summed E-state index contributed by atoms with van der Waals surface area (Å²) in [5.74, 6) is 0. The van der Waals surface area contributed by atoms with E-state index in [-0.39, 0.29) is 0 Å². The normalized spacial score (nSPS) is 12.3. The fourth-order valence-electron chi connectivity index (χ4n) is 1.37. The van der Waals surface area contributed by atoms with Crippen molar-refractivity contribution in [2.75, 3.05) is 6.54 Å². The van der Waals surface area contributed by atoms with Crippen molar-refractivity contribution in [3.63, 3.8) is 0 Å². The highest BCUT2D eigenvalue weighted by molar-refractivity contribution is 7.78. The van der Waals surface area contributed by atoms with Gasteiger partial charge in [-0.1, -0.05) is 0 Å². The van der Waals surface area contributed by atoms with E-state index in [1.165, 1.54) is 0 Å². The van der Waals surface area contributed by atoms with Crippen molar-refractivity contribution < 1.29 is 8.23 Å². The summed E-state index contributed by atoms with van der Waals surface area (Å²) in [5, 5.41) is 2.37. The highest BCUT2D eigenvalue weighted by Gasteiger charge is 2.32. The molecule has 0 aliphatic rings. The first-order valence-corrected chi connectivity index (χ1v) is 11.7. The van der Waals surface area contributed by atoms with Crippen LogP contribution in [0.25, 0.3) is 0 Å². The molecule has 0 fully saturated rings. The minimum absolute atomic E-state index is 0.750. The van der Waals surface area contributed by atoms with Gasteiger partial charge in [0.25, 0.3) is 0 Å². The van der Waals surface area contributed by atoms with E-state index in [2.05, 4.69) is 46.0 Å². The van der Waals surface area contributed by atoms with E-state index in [0.29, 0.717) is 0 Å². The van der Waals surface area contributed by atoms with Crippen LogP contribution in [0.1, 0.15) is 6.42 Å². The molecular formula is C8H18NO2SSi3. The molecule has 0 aromatic rings. The average molecular weight is 277 g/mol. The molecule has 0 aromatic carbocycles. The Morgan fingerprint density at radius 1 is 1.33 bits per heavy atom. The van der Waals surface area contributed by atoms with E-state index in [1.807, 2.05) is 13.1 Å². The topological polar surface area (TPSA) is 30.8 Å². The molecule has 0 rings (SSSR count). The molecule has 0 saturated heterocycles. The zero-order valence-electron chi connectivity index (χ0n) is 9.79. The Bertz CT molecular complexity index is 242. The minimum Gasteiger partial charge on any atom is -0.437 e. The first-order chi connectivity index (χ1) is 6.83. The van der Waals surface area contributed by atoms with Crippen molar-refractivity contribution in [2.24, 2.45) is 4.99 Å². The second kappa shape index (κ2) is 6.85. The van der Waals surface area contributed by atoms with E-state index in [4.69, 9.17) is 8.23 Å². The lowest BCUT2D eigenvalue weighted by molar-refractivity contribution is 0.413. The number of rotatable bonds is 7. The predicted molar refractivity (Wildman–Crippen MR) is 72.2 cm³/mol. The lowest BCUT2D eigenvalue weighted by atomic mass is 10.5. The molecule has 15 heavy (non-hydrogen) atoms. The second-order valence-corrected chi connectivity index (χ2v) is 13.1. The zero-order chi connectivity index (χ0) is 11.9. The Balaban J connectivity index is 4.01. The molecule has 0 heterocycles. The third kappa shape index (κ3) is 8.21. The third-order valence-corrected chi connectivity index (χ3v) is 9.71. The number of isothiocyanates is 1. The molecule has 85 valence electrons. The lowest BCUT2D eigenvalue weighted by Gasteiger charge is -2.32. The zero-order valence-corrected chi connectivity index (χ0v) is 13.6. The van der Waals surface area contributed by atoms with Gasteiger partial charge in [0.1, 0.15) is 0 Å². The van der Waals surface area contributed by atoms with Crippen LogP contribution in [0.2, 0.25) is 32.2 Å². The molecule has 0 aliphatic carbocycles. The highest BCUT2D eigenvalue weighted by Crippen LogP contribution is 2.19. The largest absolute Gasteiger partial charge is 0.437 e. The molecule has 3 radical (unpaired) electrons. The van der Waals surface area contributed by atoms with Gasteiger partial charge in [-0.05, 0) is 50.9 Å². The monoisotopic (exact) mass is 276 g/mol. The summed E-state index contributed by atoms with van der Waals surface area (Å²) in [6.07, 6.45) is 1.01. The van der Waals surface area contributed by atoms with Crippen LogP contribution >= 0.6 is 12.2 Å². The fourth-order valence-corrected chi connectivity index (χ4v) is 8.74. The van der Waals surface area contributed by atoms with Gasteiger partial charge in [-0.2, -0.15) is 0 Å². The van der Waals surface area contributed by atoms with E-state index < -0.39 is 16.9 Å². The van der Waals surface area contributed by atoms with Crippen LogP contribution in [0.5, 0.6) is 0 Å². The van der Waals surface area contributed by atoms with E-state index in [1.54, 1.807) is 0 Å². The van der Waals surface area contributed by atoms with Crippen molar-refractivity contribution in [1.29, 1.82) is 0 Å². The molecule has 0 unspecified atom stereocenters. The number of hydrogen-bond acceptors (Lipinski definition) is 4. The van der Waals surface area contributed by atoms with Crippen molar-refractivity contribution >= 4 is 44.7 Å². The van der Waals surface area contributed by atoms with Crippen LogP contribution in [0.4, 0.5) is 0 Å². The minimum atomic E-state index is -1.97. The Labute approximate surface area is 103 Å². The Morgan fingerprint density at radius 3 is 2.40 bits per heavy atom. The van der Waals surface area contributed by atoms with Crippen LogP contribution in [-0.2, 0) is 8.23 Å². The molecule has 3 nitrogen and oxygen atoms in total. The van der Waals surface area contributed by atoms with Gasteiger partial charge in [0.15, 0.2) is 8.32 Å². The molecule has 0 spiro atoms. The summed E-state index contributed by atoms with van der Waals surface area (Å²) in [6, 6.07) is 1.07. The van der Waals surface area contributed by atoms with Gasteiger partial charge in [-0.3, -0.25) is 0 Å². The number of hydrogen-bond donors (Lipinski definition) is 0. The quantitative estimate of drug-likeness (QED) is 0.310. The Morgan fingerprint density at radius 2 is 1.93 bits per heavy atom. The summed E-state index contributed by atoms with van der Waals surface area (Å²) in [7, 11) is -0.517. The van der Waals surface area contributed by atoms with Crippen molar-refractivity contribution in [2.45, 2.75) is 38.7 Å². The molecule has 0 saturated carbocycles. The van der Waals surface area contributed by atoms with E-state index in [0.717, 1.165) is 19.0 Å². The lowest BCUT2D eigenvalue weighted by Crippen LogP contribution is -2.46. The summed E-state index contributed by atoms with van der Waals surface area (Å²) in [6.45, 7) is 9.22. The SMILES string of the molecule is C[Si](C)(CCCN=C=S)O[Si](C)(C)O[Si]. The first-order valence-electron chi connectivity index (χ1n) is 4.91. The molecule has 0 bridgehead atoms. The Hall–Kier alpha value is 0.371. The van der Waals surface area contributed by atoms with Gasteiger partial charge in [0.05, 0.1) is 5.16 Å². The van der Waals surface area contributed by atoms with Crippen LogP contribution in [0.15, 0.2) is 4.99 Å². The van der Waals surface area contributed by atoms with Gasteiger partial charge in [0, 0.05) is 6.54 Å². The summed E-state index contributed by atoms with van der Waals surface area (Å²) < 4.78 is 11.3. The van der Waals surface area contributed by atoms with Crippen molar-refractivity contribution in [3.8, 4) is 0 Å². The molecule has 0 amide bonds. The fraction of sp³-hybridized carbons (Fsp3) is 0.875. The van der Waals surface area contributed by atoms with Gasteiger partial charge < -0.3 is 8.23 Å². The molecule has 0 aromatic heterocycles. The maximum Gasteiger partial charge on any atom is 0.310 e. The Kier molecular flexibility index (Phi) is 7.02. The second-order valence-electron chi connectivity index (χ2n) is 4.44. The standard InChI is InChI=1S/C8H18NO2SSi3/c1-14(2,7-5-6-9-8-12)11-15(3,4)10-13/h5-7H2,1-4H3. The molecule has 0 aliphatic heterocycles. The maximum absolute atomic E-state index is 6.07. The molecular weight excluding hydrogens is 258 g/mol. The van der Waals surface area contributed by atoms with Crippen LogP contribution < -0.4 is 0 Å². The van der Waals surface area contributed by atoms with Gasteiger partial charge in [0.2, 0.25) is 10.5 Å². The predicted octanol–water partition coefficient (Wildman–Crippen LogP) is 2.50. The third-order valence-electron chi connectivity index (χ3n) is 1.88. The number of aliphatic imine (C=N–C) groups is 1. The van der Waals surface area contributed by atoms with Crippen molar-refractivity contribution in [1.82, 2.24) is 0 Å². The average Bonchev–Trinajstić information content (AvgIpc) is 2.11. The van der Waals surface area contributed by atoms with Crippen LogP contribution in [0, 0.1) is 0 Å². The van der Waals surface area contributed by atoms with Gasteiger partial charge in [-0.25, -0.2) is 4.99 Å². The first kappa shape index (κ1) is 15.4. The van der Waals surface area contributed by atoms with Crippen LogP contribution in [0.3, 0.4) is 0 Å².